The Labute approximate surface area is 718 Å². The summed E-state index contributed by atoms with van der Waals surface area (Å²) in [5, 5.41) is 4.73. The molecule has 4 aliphatic rings. The number of carbonyl (C=O) groups excluding carboxylic acids is 6. The lowest BCUT2D eigenvalue weighted by atomic mass is 9.80. The molecule has 4 aliphatic heterocycles. The Balaban J connectivity index is 0.820. The molecule has 608 valence electrons. The number of hydrogen-bond acceptors (Lipinski definition) is 16. The molecule has 0 aliphatic carbocycles. The summed E-state index contributed by atoms with van der Waals surface area (Å²) in [6, 6.07) is 98.6. The van der Waals surface area contributed by atoms with Crippen molar-refractivity contribution in [2.45, 2.75) is 37.1 Å². The van der Waals surface area contributed by atoms with Gasteiger partial charge in [0.25, 0.3) is 23.6 Å². The van der Waals surface area contributed by atoms with Crippen molar-refractivity contribution in [1.29, 1.82) is 0 Å². The zero-order valence-electron chi connectivity index (χ0n) is 67.2. The number of esters is 2. The second kappa shape index (κ2) is 30.5. The number of rotatable bonds is 24. The molecule has 18 heteroatoms. The lowest BCUT2D eigenvalue weighted by molar-refractivity contribution is -0.149. The number of carbonyl (C=O) groups is 6. The highest BCUT2D eigenvalue weighted by Crippen LogP contribution is 2.59. The first-order chi connectivity index (χ1) is 61.9. The van der Waals surface area contributed by atoms with Crippen molar-refractivity contribution in [2.75, 3.05) is 26.4 Å². The Morgan fingerprint density at radius 3 is 0.841 bits per heavy atom. The summed E-state index contributed by atoms with van der Waals surface area (Å²) in [4.78, 5) is 102. The van der Waals surface area contributed by atoms with Crippen LogP contribution in [0.3, 0.4) is 0 Å². The molecule has 0 spiro atoms. The lowest BCUT2D eigenvalue weighted by Gasteiger charge is -2.35. The zero-order valence-corrected chi connectivity index (χ0v) is 67.2. The topological polar surface area (TPSA) is 216 Å². The maximum Gasteiger partial charge on any atom is 0.329 e. The number of furan rings is 2. The highest BCUT2D eigenvalue weighted by molar-refractivity contribution is 6.45. The van der Waals surface area contributed by atoms with E-state index in [2.05, 4.69) is 0 Å². The van der Waals surface area contributed by atoms with Crippen molar-refractivity contribution >= 4 is 123 Å². The molecule has 4 amide bonds. The number of benzene rings is 17. The van der Waals surface area contributed by atoms with Crippen LogP contribution in [-0.4, -0.2) is 96.1 Å². The predicted molar refractivity (Wildman–Crippen MR) is 480 cm³/mol. The molecule has 2 aromatic heterocycles. The van der Waals surface area contributed by atoms with Gasteiger partial charge in [0, 0.05) is 77.5 Å². The molecule has 126 heavy (non-hydrogen) atoms. The average Bonchev–Trinajstić information content (AvgIpc) is 0.794. The molecule has 0 radical (unpaired) electrons. The van der Waals surface area contributed by atoms with Crippen LogP contribution in [0.4, 0.5) is 0 Å². The van der Waals surface area contributed by atoms with Crippen LogP contribution in [-0.2, 0) is 41.4 Å². The number of ether oxygens (including phenoxy) is 8. The molecule has 0 saturated carbocycles. The number of amides is 4. The maximum atomic E-state index is 17.1. The first kappa shape index (κ1) is 75.0. The molecule has 4 atom stereocenters. The first-order valence-electron chi connectivity index (χ1n) is 41.7. The van der Waals surface area contributed by atoms with E-state index in [-0.39, 0.29) is 114 Å². The van der Waals surface area contributed by atoms with Crippen LogP contribution in [0.1, 0.15) is 52.6 Å². The molecule has 18 nitrogen and oxygen atoms in total. The van der Waals surface area contributed by atoms with Gasteiger partial charge in [0.2, 0.25) is 0 Å². The molecule has 0 N–H and O–H groups in total. The van der Waals surface area contributed by atoms with Gasteiger partial charge in [0.1, 0.15) is 106 Å². The summed E-state index contributed by atoms with van der Waals surface area (Å²) in [6.07, 6.45) is -1.33. The van der Waals surface area contributed by atoms with E-state index in [0.717, 1.165) is 75.9 Å². The minimum Gasteiger partial charge on any atom is -0.461 e. The Hall–Kier alpha value is -16.0. The largest absolute Gasteiger partial charge is 0.461 e. The molecule has 4 unspecified atom stereocenters. The van der Waals surface area contributed by atoms with Gasteiger partial charge in [-0.25, -0.2) is 9.59 Å². The number of para-hydroxylation sites is 4. The number of nitrogens with zero attached hydrogens (tertiary/aromatic N) is 2. The molecule has 2 saturated heterocycles. The van der Waals surface area contributed by atoms with Crippen LogP contribution in [0, 0.1) is 0 Å². The lowest BCUT2D eigenvalue weighted by Crippen LogP contribution is -2.52. The summed E-state index contributed by atoms with van der Waals surface area (Å²) in [5.74, 6) is -4.02. The van der Waals surface area contributed by atoms with Gasteiger partial charge in [-0.05, 0) is 141 Å². The van der Waals surface area contributed by atoms with E-state index < -0.39 is 59.9 Å². The summed E-state index contributed by atoms with van der Waals surface area (Å²) < 4.78 is 66.7. The zero-order chi connectivity index (χ0) is 84.4. The minimum atomic E-state index is -1.65. The molecule has 2 fully saturated rings. The Kier molecular flexibility index (Phi) is 18.2. The summed E-state index contributed by atoms with van der Waals surface area (Å²) in [5.41, 5.74) is 10.0. The third-order valence-corrected chi connectivity index (χ3v) is 24.3. The predicted octanol–water partition coefficient (Wildman–Crippen LogP) is 23.7. The molecule has 23 rings (SSSR count). The third kappa shape index (κ3) is 13.2. The van der Waals surface area contributed by atoms with Crippen molar-refractivity contribution in [3.8, 4) is 90.5 Å². The van der Waals surface area contributed by atoms with E-state index in [1.54, 1.807) is 36.4 Å². The molecular weight excluding hydrogens is 1580 g/mol. The van der Waals surface area contributed by atoms with Gasteiger partial charge in [-0.3, -0.25) is 29.0 Å². The van der Waals surface area contributed by atoms with E-state index >= 15 is 28.8 Å². The first-order valence-corrected chi connectivity index (χ1v) is 41.7. The van der Waals surface area contributed by atoms with E-state index in [4.69, 9.17) is 46.7 Å². The fourth-order valence-electron chi connectivity index (χ4n) is 18.1. The standard InChI is InChI=1S/C108H70N2O16/c111-103-81-53-89(121-71-43-35-65(36-44-71)61-19-5-1-6-20-61)95-96-90(122-72-45-37-66(38-46-72)62-21-7-2-8-22-62)54-83-94-84(106(114)110(105(83)113)86(108(116)120-60-76-58-118-76)52-70-28-18-32-80-78-30-14-16-34-88(78)126-102(70)80)56-92(124-74-49-41-68(42-50-74)64-25-11-4-12-26-64)98(100(94)96)97-91(123-73-47-39-67(40-48-73)63-23-9-3-10-24-63)55-82(93(81)99(95)97)104(112)109(103)85(107(115)119-59-75-57-117-75)51-69-27-17-31-79-77-29-13-15-33-87(77)125-101(69)79/h1-50,53-56,75-76,85-86H,51-52,57-60H2. The van der Waals surface area contributed by atoms with Crippen LogP contribution < -0.4 is 18.9 Å². The second-order valence-corrected chi connectivity index (χ2v) is 32.0. The van der Waals surface area contributed by atoms with Gasteiger partial charge in [-0.2, -0.15) is 0 Å². The number of hydrogen-bond donors (Lipinski definition) is 0. The van der Waals surface area contributed by atoms with E-state index in [9.17, 15) is 0 Å². The SMILES string of the molecule is O=C(OCC1CO1)C(Cc1cccc2c1oc1ccccc12)N1C(=O)c2cc(Oc3ccc(-c4ccccc4)cc3)c3c4c(Oc5ccc(-c6ccccc6)cc5)cc5c6c(cc(Oc7ccc(-c8ccccc8)cc7)c(c7c(Oc8ccc(-c9ccccc9)cc8)cc(c2c37)C1=O)c64)C(=O)N(C(Cc1cccc2c1oc1ccccc12)C(=O)OCC1CO1)C5=O. The minimum absolute atomic E-state index is 0.0214. The van der Waals surface area contributed by atoms with E-state index in [0.29, 0.717) is 69.7 Å². The summed E-state index contributed by atoms with van der Waals surface area (Å²) >= 11 is 0. The highest BCUT2D eigenvalue weighted by Gasteiger charge is 2.48. The van der Waals surface area contributed by atoms with E-state index in [1.807, 2.05) is 291 Å². The van der Waals surface area contributed by atoms with Crippen LogP contribution >= 0.6 is 0 Å². The number of imide groups is 2. The van der Waals surface area contributed by atoms with Gasteiger partial charge in [-0.15, -0.1) is 0 Å². The summed E-state index contributed by atoms with van der Waals surface area (Å²) in [6.45, 7) is 0.374. The van der Waals surface area contributed by atoms with Crippen LogP contribution in [0.25, 0.3) is 131 Å². The summed E-state index contributed by atoms with van der Waals surface area (Å²) in [7, 11) is 0. The van der Waals surface area contributed by atoms with Crippen molar-refractivity contribution in [3.05, 3.63) is 361 Å². The third-order valence-electron chi connectivity index (χ3n) is 24.3. The van der Waals surface area contributed by atoms with Crippen LogP contribution in [0.2, 0.25) is 0 Å². The van der Waals surface area contributed by atoms with Gasteiger partial charge >= 0.3 is 11.9 Å². The van der Waals surface area contributed by atoms with Gasteiger partial charge in [0.05, 0.1) is 35.5 Å². The smallest absolute Gasteiger partial charge is 0.329 e. The molecule has 0 bridgehead atoms. The van der Waals surface area contributed by atoms with E-state index in [1.165, 1.54) is 0 Å². The highest BCUT2D eigenvalue weighted by atomic mass is 16.6. The van der Waals surface area contributed by atoms with Crippen molar-refractivity contribution in [1.82, 2.24) is 9.80 Å². The molecule has 19 aromatic rings. The van der Waals surface area contributed by atoms with Crippen molar-refractivity contribution in [2.24, 2.45) is 0 Å². The van der Waals surface area contributed by atoms with Crippen LogP contribution in [0.5, 0.6) is 46.0 Å². The number of fused-ring (bicyclic) bond motifs is 8. The van der Waals surface area contributed by atoms with Gasteiger partial charge in [-0.1, -0.05) is 243 Å². The van der Waals surface area contributed by atoms with Crippen molar-refractivity contribution < 1.29 is 75.5 Å². The molecule has 6 heterocycles. The van der Waals surface area contributed by atoms with Gasteiger partial charge in [0.15, 0.2) is 0 Å². The Bertz CT molecular complexity index is 6910. The van der Waals surface area contributed by atoms with Gasteiger partial charge < -0.3 is 46.7 Å². The molecular formula is C108H70N2O16. The maximum absolute atomic E-state index is 17.1. The fourth-order valence-corrected chi connectivity index (χ4v) is 18.1. The Morgan fingerprint density at radius 1 is 0.294 bits per heavy atom. The second-order valence-electron chi connectivity index (χ2n) is 32.0. The quantitative estimate of drug-likeness (QED) is 0.0181. The number of epoxide rings is 2. The molecule has 17 aromatic carbocycles. The van der Waals surface area contributed by atoms with Crippen molar-refractivity contribution in [3.63, 3.8) is 0 Å². The monoisotopic (exact) mass is 1650 g/mol. The average molecular weight is 1650 g/mol. The Morgan fingerprint density at radius 2 is 0.556 bits per heavy atom. The normalized spacial score (nSPS) is 15.2. The fraction of sp³-hybridized carbons (Fsp3) is 0.0926. The van der Waals surface area contributed by atoms with Crippen LogP contribution in [0.15, 0.2) is 336 Å².